The molecule has 1 aromatic rings. The molecular weight excluding hydrogens is 395 g/mol. The highest BCUT2D eigenvalue weighted by atomic mass is 35.5. The summed E-state index contributed by atoms with van der Waals surface area (Å²) in [5, 5.41) is 3.42. The number of hydrogen-bond donors (Lipinski definition) is 1. The summed E-state index contributed by atoms with van der Waals surface area (Å²) in [6.07, 6.45) is 8.39. The number of hydrogen-bond acceptors (Lipinski definition) is 3. The molecule has 0 spiro atoms. The van der Waals surface area contributed by atoms with Crippen molar-refractivity contribution in [1.82, 2.24) is 5.32 Å². The summed E-state index contributed by atoms with van der Waals surface area (Å²) in [5.41, 5.74) is 1.52. The third-order valence-corrected chi connectivity index (χ3v) is 6.03. The number of amides is 1. The van der Waals surface area contributed by atoms with Crippen LogP contribution in [0, 0.1) is 0 Å². The van der Waals surface area contributed by atoms with E-state index >= 15 is 0 Å². The second kappa shape index (κ2) is 9.62. The largest absolute Gasteiger partial charge is 0.352 e. The highest BCUT2D eigenvalue weighted by Crippen LogP contribution is 2.35. The fourth-order valence-corrected chi connectivity index (χ4v) is 4.61. The van der Waals surface area contributed by atoms with Crippen LogP contribution in [0.3, 0.4) is 0 Å². The van der Waals surface area contributed by atoms with Crippen LogP contribution in [-0.2, 0) is 14.8 Å². The third kappa shape index (κ3) is 6.18. The van der Waals surface area contributed by atoms with E-state index < -0.39 is 10.0 Å². The third-order valence-electron chi connectivity index (χ3n) is 4.25. The normalized spacial score (nSPS) is 14.7. The van der Waals surface area contributed by atoms with Gasteiger partial charge in [0.2, 0.25) is 15.9 Å². The predicted molar refractivity (Wildman–Crippen MR) is 107 cm³/mol. The smallest absolute Gasteiger partial charge is 0.232 e. The van der Waals surface area contributed by atoms with Crippen molar-refractivity contribution in [3.05, 3.63) is 39.9 Å². The van der Waals surface area contributed by atoms with Crippen molar-refractivity contribution >= 4 is 44.8 Å². The van der Waals surface area contributed by atoms with Crippen molar-refractivity contribution < 1.29 is 13.2 Å². The average molecular weight is 419 g/mol. The highest BCUT2D eigenvalue weighted by molar-refractivity contribution is 7.92. The lowest BCUT2D eigenvalue weighted by Gasteiger charge is -2.24. The fraction of sp³-hybridized carbons (Fsp3) is 0.500. The van der Waals surface area contributed by atoms with E-state index in [0.717, 1.165) is 23.4 Å². The van der Waals surface area contributed by atoms with Gasteiger partial charge in [-0.05, 0) is 44.2 Å². The maximum Gasteiger partial charge on any atom is 0.232 e. The lowest BCUT2D eigenvalue weighted by atomic mass is 10.00. The van der Waals surface area contributed by atoms with Crippen molar-refractivity contribution in [2.24, 2.45) is 0 Å². The van der Waals surface area contributed by atoms with Crippen LogP contribution < -0.4 is 9.62 Å². The minimum atomic E-state index is -3.57. The first kappa shape index (κ1) is 21.1. The zero-order valence-corrected chi connectivity index (χ0v) is 17.1. The minimum absolute atomic E-state index is 0.0878. The summed E-state index contributed by atoms with van der Waals surface area (Å²) in [5.74, 6) is -0.0878. The van der Waals surface area contributed by atoms with E-state index in [0.29, 0.717) is 13.0 Å². The lowest BCUT2D eigenvalue weighted by molar-refractivity contribution is -0.120. The molecule has 0 atom stereocenters. The number of para-hydroxylation sites is 1. The van der Waals surface area contributed by atoms with Crippen molar-refractivity contribution in [1.29, 1.82) is 0 Å². The first-order chi connectivity index (χ1) is 12.3. The van der Waals surface area contributed by atoms with Gasteiger partial charge in [0, 0.05) is 19.5 Å². The van der Waals surface area contributed by atoms with Crippen LogP contribution in [0.4, 0.5) is 5.69 Å². The van der Waals surface area contributed by atoms with Crippen molar-refractivity contribution in [2.75, 3.05) is 23.7 Å². The van der Waals surface area contributed by atoms with E-state index in [-0.39, 0.29) is 34.6 Å². The van der Waals surface area contributed by atoms with Gasteiger partial charge in [0.15, 0.2) is 0 Å². The molecule has 0 heterocycles. The van der Waals surface area contributed by atoms with E-state index in [1.165, 1.54) is 18.4 Å². The van der Waals surface area contributed by atoms with Crippen molar-refractivity contribution in [3.8, 4) is 0 Å². The van der Waals surface area contributed by atoms with Crippen LogP contribution in [-0.4, -0.2) is 33.7 Å². The Balaban J connectivity index is 1.92. The second-order valence-corrected chi connectivity index (χ2v) is 9.12. The molecular formula is C18H24Cl2N2O3S. The molecule has 0 aliphatic heterocycles. The number of benzene rings is 1. The molecule has 26 heavy (non-hydrogen) atoms. The number of nitrogens with one attached hydrogen (secondary N) is 1. The van der Waals surface area contributed by atoms with Crippen molar-refractivity contribution in [2.45, 2.75) is 38.5 Å². The van der Waals surface area contributed by atoms with Gasteiger partial charge in [0.25, 0.3) is 0 Å². The summed E-state index contributed by atoms with van der Waals surface area (Å²) >= 11 is 12.3. The molecule has 8 heteroatoms. The Morgan fingerprint density at radius 1 is 1.23 bits per heavy atom. The van der Waals surface area contributed by atoms with Gasteiger partial charge < -0.3 is 5.32 Å². The molecule has 1 aliphatic carbocycles. The molecule has 0 fully saturated rings. The average Bonchev–Trinajstić information content (AvgIpc) is 2.58. The standard InChI is InChI=1S/C18H24Cl2N2O3S/c1-26(24,25)22(18-15(19)9-5-10-16(18)20)12-6-11-17(23)21-13-14-7-3-2-4-8-14/h5,7,9-10H,2-4,6,8,11-13H2,1H3,(H,21,23). The summed E-state index contributed by atoms with van der Waals surface area (Å²) in [7, 11) is -3.57. The Morgan fingerprint density at radius 2 is 1.92 bits per heavy atom. The first-order valence-electron chi connectivity index (χ1n) is 8.65. The van der Waals surface area contributed by atoms with Gasteiger partial charge in [-0.15, -0.1) is 0 Å². The van der Waals surface area contributed by atoms with E-state index in [4.69, 9.17) is 23.2 Å². The number of nitrogens with zero attached hydrogens (tertiary/aromatic N) is 1. The van der Waals surface area contributed by atoms with Crippen LogP contribution >= 0.6 is 23.2 Å². The molecule has 144 valence electrons. The van der Waals surface area contributed by atoms with Gasteiger partial charge in [-0.3, -0.25) is 9.10 Å². The van der Waals surface area contributed by atoms with Gasteiger partial charge in [0.05, 0.1) is 22.0 Å². The number of sulfonamides is 1. The number of carbonyl (C=O) groups is 1. The van der Waals surface area contributed by atoms with Crippen LogP contribution in [0.25, 0.3) is 0 Å². The maximum atomic E-state index is 12.1. The molecule has 1 N–H and O–H groups in total. The quantitative estimate of drug-likeness (QED) is 0.644. The van der Waals surface area contributed by atoms with Gasteiger partial charge in [-0.2, -0.15) is 0 Å². The lowest BCUT2D eigenvalue weighted by Crippen LogP contribution is -2.33. The Morgan fingerprint density at radius 3 is 2.50 bits per heavy atom. The Kier molecular flexibility index (Phi) is 7.80. The van der Waals surface area contributed by atoms with Crippen molar-refractivity contribution in [3.63, 3.8) is 0 Å². The van der Waals surface area contributed by atoms with E-state index in [9.17, 15) is 13.2 Å². The summed E-state index contributed by atoms with van der Waals surface area (Å²) in [4.78, 5) is 12.0. The Labute approximate surface area is 165 Å². The topological polar surface area (TPSA) is 66.5 Å². The number of carbonyl (C=O) groups excluding carboxylic acids is 1. The summed E-state index contributed by atoms with van der Waals surface area (Å²) in [6.45, 7) is 0.712. The number of halogens is 2. The van der Waals surface area contributed by atoms with Gasteiger partial charge in [-0.1, -0.05) is 40.9 Å². The van der Waals surface area contributed by atoms with Crippen LogP contribution in [0.1, 0.15) is 38.5 Å². The number of rotatable bonds is 8. The molecule has 0 aromatic heterocycles. The minimum Gasteiger partial charge on any atom is -0.352 e. The number of anilines is 1. The van der Waals surface area contributed by atoms with Crippen LogP contribution in [0.2, 0.25) is 10.0 Å². The molecule has 0 radical (unpaired) electrons. The first-order valence-corrected chi connectivity index (χ1v) is 11.3. The Hall–Kier alpha value is -1.24. The van der Waals surface area contributed by atoms with Crippen LogP contribution in [0.5, 0.6) is 0 Å². The predicted octanol–water partition coefficient (Wildman–Crippen LogP) is 4.16. The maximum absolute atomic E-state index is 12.1. The molecule has 0 bridgehead atoms. The molecule has 5 nitrogen and oxygen atoms in total. The monoisotopic (exact) mass is 418 g/mol. The van der Waals surface area contributed by atoms with E-state index in [2.05, 4.69) is 11.4 Å². The van der Waals surface area contributed by atoms with Crippen LogP contribution in [0.15, 0.2) is 29.8 Å². The van der Waals surface area contributed by atoms with E-state index in [1.807, 2.05) is 0 Å². The molecule has 1 aliphatic rings. The highest BCUT2D eigenvalue weighted by Gasteiger charge is 2.22. The molecule has 2 rings (SSSR count). The molecule has 0 unspecified atom stereocenters. The van der Waals surface area contributed by atoms with Gasteiger partial charge >= 0.3 is 0 Å². The molecule has 0 saturated heterocycles. The molecule has 1 aromatic carbocycles. The van der Waals surface area contributed by atoms with E-state index in [1.54, 1.807) is 18.2 Å². The number of allylic oxidation sites excluding steroid dienone is 1. The second-order valence-electron chi connectivity index (χ2n) is 6.39. The van der Waals surface area contributed by atoms with Gasteiger partial charge in [-0.25, -0.2) is 8.42 Å². The zero-order valence-electron chi connectivity index (χ0n) is 14.8. The zero-order chi connectivity index (χ0) is 19.2. The molecule has 1 amide bonds. The summed E-state index contributed by atoms with van der Waals surface area (Å²) in [6, 6.07) is 4.83. The molecule has 0 saturated carbocycles. The fourth-order valence-electron chi connectivity index (χ4n) is 2.92. The SMILES string of the molecule is CS(=O)(=O)N(CCCC(=O)NCC1=CCCCC1)c1c(Cl)cccc1Cl. The summed E-state index contributed by atoms with van der Waals surface area (Å²) < 4.78 is 25.5. The Bertz CT molecular complexity index is 758. The van der Waals surface area contributed by atoms with Gasteiger partial charge in [0.1, 0.15) is 0 Å².